The summed E-state index contributed by atoms with van der Waals surface area (Å²) in [4.78, 5) is 6.46. The minimum Gasteiger partial charge on any atom is -0.378 e. The van der Waals surface area contributed by atoms with Crippen molar-refractivity contribution in [2.45, 2.75) is 6.54 Å². The minimum absolute atomic E-state index is 0.424. The van der Waals surface area contributed by atoms with E-state index in [2.05, 4.69) is 15.0 Å². The molecule has 1 aliphatic rings. The first-order chi connectivity index (χ1) is 6.81. The second-order valence-electron chi connectivity index (χ2n) is 3.26. The van der Waals surface area contributed by atoms with Gasteiger partial charge >= 0.3 is 0 Å². The monoisotopic (exact) mass is 197 g/mol. The van der Waals surface area contributed by atoms with Crippen molar-refractivity contribution in [2.75, 3.05) is 31.2 Å². The number of nitrogens with two attached hydrogens (primary N) is 1. The molecule has 6 heteroatoms. The quantitative estimate of drug-likeness (QED) is 0.666. The number of rotatable bonds is 2. The van der Waals surface area contributed by atoms with Crippen LogP contribution in [0.1, 0.15) is 5.82 Å². The van der Waals surface area contributed by atoms with E-state index in [-0.39, 0.29) is 0 Å². The number of ether oxygens (including phenoxy) is 1. The van der Waals surface area contributed by atoms with Crippen LogP contribution in [0.4, 0.5) is 5.95 Å². The zero-order valence-corrected chi connectivity index (χ0v) is 8.31. The van der Waals surface area contributed by atoms with Gasteiger partial charge < -0.3 is 15.4 Å². The first kappa shape index (κ1) is 9.42. The number of anilines is 1. The lowest BCUT2D eigenvalue weighted by Gasteiger charge is -2.25. The molecule has 0 amide bonds. The molecule has 0 unspecified atom stereocenters. The molecule has 0 radical (unpaired) electrons. The normalized spacial score (nSPS) is 17.4. The summed E-state index contributed by atoms with van der Waals surface area (Å²) in [6.07, 6.45) is 0. The zero-order valence-electron chi connectivity index (χ0n) is 8.31. The van der Waals surface area contributed by atoms with Gasteiger partial charge in [0.25, 0.3) is 0 Å². The molecule has 0 saturated carbocycles. The summed E-state index contributed by atoms with van der Waals surface area (Å²) in [5, 5.41) is 4.30. The molecule has 0 aliphatic carbocycles. The summed E-state index contributed by atoms with van der Waals surface area (Å²) < 4.78 is 6.98. The standard InChI is InChI=1S/C8H15N5O/c1-12-7(6-9)10-8(11-12)13-2-4-14-5-3-13/h2-6,9H2,1H3. The third-order valence-electron chi connectivity index (χ3n) is 2.32. The topological polar surface area (TPSA) is 69.2 Å². The molecule has 1 saturated heterocycles. The number of nitrogens with zero attached hydrogens (tertiary/aromatic N) is 4. The van der Waals surface area contributed by atoms with Gasteiger partial charge in [0.05, 0.1) is 19.8 Å². The van der Waals surface area contributed by atoms with Crippen LogP contribution in [-0.2, 0) is 18.3 Å². The highest BCUT2D eigenvalue weighted by Crippen LogP contribution is 2.10. The molecule has 1 fully saturated rings. The number of morpholine rings is 1. The molecule has 0 bridgehead atoms. The molecule has 1 aromatic rings. The van der Waals surface area contributed by atoms with Crippen LogP contribution < -0.4 is 10.6 Å². The third kappa shape index (κ3) is 1.71. The Morgan fingerprint density at radius 1 is 1.43 bits per heavy atom. The van der Waals surface area contributed by atoms with E-state index in [0.717, 1.165) is 38.1 Å². The SMILES string of the molecule is Cn1nc(N2CCOCC2)nc1CN. The van der Waals surface area contributed by atoms with Crippen molar-refractivity contribution in [2.24, 2.45) is 12.8 Å². The van der Waals surface area contributed by atoms with Crippen molar-refractivity contribution in [3.05, 3.63) is 5.82 Å². The molecule has 1 aromatic heterocycles. The van der Waals surface area contributed by atoms with Gasteiger partial charge in [0.15, 0.2) is 0 Å². The van der Waals surface area contributed by atoms with Crippen LogP contribution in [0.5, 0.6) is 0 Å². The van der Waals surface area contributed by atoms with Gasteiger partial charge in [0.1, 0.15) is 5.82 Å². The Bertz CT molecular complexity index is 305. The second-order valence-corrected chi connectivity index (χ2v) is 3.26. The van der Waals surface area contributed by atoms with E-state index in [1.165, 1.54) is 0 Å². The van der Waals surface area contributed by atoms with Crippen LogP contribution in [0.2, 0.25) is 0 Å². The van der Waals surface area contributed by atoms with E-state index in [0.29, 0.717) is 6.54 Å². The Balaban J connectivity index is 2.14. The van der Waals surface area contributed by atoms with Crippen molar-refractivity contribution < 1.29 is 4.74 Å². The van der Waals surface area contributed by atoms with Crippen molar-refractivity contribution in [1.29, 1.82) is 0 Å². The Morgan fingerprint density at radius 3 is 2.71 bits per heavy atom. The van der Waals surface area contributed by atoms with Crippen LogP contribution in [0, 0.1) is 0 Å². The van der Waals surface area contributed by atoms with Crippen molar-refractivity contribution in [1.82, 2.24) is 14.8 Å². The van der Waals surface area contributed by atoms with Crippen molar-refractivity contribution in [3.63, 3.8) is 0 Å². The van der Waals surface area contributed by atoms with Crippen molar-refractivity contribution >= 4 is 5.95 Å². The van der Waals surface area contributed by atoms with E-state index >= 15 is 0 Å². The molecule has 1 aliphatic heterocycles. The lowest BCUT2D eigenvalue weighted by molar-refractivity contribution is 0.122. The van der Waals surface area contributed by atoms with E-state index in [4.69, 9.17) is 10.5 Å². The zero-order chi connectivity index (χ0) is 9.97. The summed E-state index contributed by atoms with van der Waals surface area (Å²) in [5.74, 6) is 1.57. The summed E-state index contributed by atoms with van der Waals surface area (Å²) in [7, 11) is 1.86. The van der Waals surface area contributed by atoms with Crippen molar-refractivity contribution in [3.8, 4) is 0 Å². The maximum atomic E-state index is 5.53. The molecular formula is C8H15N5O. The van der Waals surface area contributed by atoms with Gasteiger partial charge in [0.2, 0.25) is 5.95 Å². The highest BCUT2D eigenvalue weighted by molar-refractivity contribution is 5.29. The molecule has 6 nitrogen and oxygen atoms in total. The molecule has 0 atom stereocenters. The van der Waals surface area contributed by atoms with Crippen LogP contribution in [-0.4, -0.2) is 41.1 Å². The fourth-order valence-corrected chi connectivity index (χ4v) is 1.48. The summed E-state index contributed by atoms with van der Waals surface area (Å²) in [6.45, 7) is 3.63. The molecule has 2 N–H and O–H groups in total. The summed E-state index contributed by atoms with van der Waals surface area (Å²) in [6, 6.07) is 0. The maximum absolute atomic E-state index is 5.53. The largest absolute Gasteiger partial charge is 0.378 e. The van der Waals surface area contributed by atoms with Gasteiger partial charge in [-0.2, -0.15) is 4.98 Å². The fraction of sp³-hybridized carbons (Fsp3) is 0.750. The van der Waals surface area contributed by atoms with E-state index in [9.17, 15) is 0 Å². The van der Waals surface area contributed by atoms with Gasteiger partial charge in [0, 0.05) is 20.1 Å². The molecule has 0 spiro atoms. The lowest BCUT2D eigenvalue weighted by atomic mass is 10.4. The highest BCUT2D eigenvalue weighted by atomic mass is 16.5. The average molecular weight is 197 g/mol. The van der Waals surface area contributed by atoms with E-state index < -0.39 is 0 Å². The van der Waals surface area contributed by atoms with Crippen LogP contribution in [0.15, 0.2) is 0 Å². The number of aromatic nitrogens is 3. The molecule has 78 valence electrons. The van der Waals surface area contributed by atoms with Gasteiger partial charge in [-0.3, -0.25) is 0 Å². The van der Waals surface area contributed by atoms with Crippen LogP contribution >= 0.6 is 0 Å². The predicted molar refractivity (Wildman–Crippen MR) is 51.9 cm³/mol. The average Bonchev–Trinajstić information content (AvgIpc) is 2.61. The van der Waals surface area contributed by atoms with Gasteiger partial charge in [-0.15, -0.1) is 5.10 Å². The lowest BCUT2D eigenvalue weighted by Crippen LogP contribution is -2.37. The smallest absolute Gasteiger partial charge is 0.245 e. The second kappa shape index (κ2) is 3.93. The molecule has 14 heavy (non-hydrogen) atoms. The first-order valence-corrected chi connectivity index (χ1v) is 4.74. The Labute approximate surface area is 82.7 Å². The van der Waals surface area contributed by atoms with Crippen LogP contribution in [0.25, 0.3) is 0 Å². The van der Waals surface area contributed by atoms with Crippen LogP contribution in [0.3, 0.4) is 0 Å². The van der Waals surface area contributed by atoms with E-state index in [1.54, 1.807) is 4.68 Å². The highest BCUT2D eigenvalue weighted by Gasteiger charge is 2.16. The Morgan fingerprint density at radius 2 is 2.14 bits per heavy atom. The molecule has 0 aromatic carbocycles. The number of aryl methyl sites for hydroxylation is 1. The van der Waals surface area contributed by atoms with E-state index in [1.807, 2.05) is 7.05 Å². The van der Waals surface area contributed by atoms with Gasteiger partial charge in [-0.1, -0.05) is 0 Å². The third-order valence-corrected chi connectivity index (χ3v) is 2.32. The Kier molecular flexibility index (Phi) is 2.64. The van der Waals surface area contributed by atoms with Gasteiger partial charge in [-0.25, -0.2) is 4.68 Å². The predicted octanol–water partition coefficient (Wildman–Crippen LogP) is -0.890. The number of hydrogen-bond donors (Lipinski definition) is 1. The fourth-order valence-electron chi connectivity index (χ4n) is 1.48. The molecule has 2 rings (SSSR count). The minimum atomic E-state index is 0.424. The maximum Gasteiger partial charge on any atom is 0.245 e. The number of hydrogen-bond acceptors (Lipinski definition) is 5. The summed E-state index contributed by atoms with van der Waals surface area (Å²) >= 11 is 0. The first-order valence-electron chi connectivity index (χ1n) is 4.74. The Hall–Kier alpha value is -1.14. The summed E-state index contributed by atoms with van der Waals surface area (Å²) in [5.41, 5.74) is 5.53. The molecular weight excluding hydrogens is 182 g/mol. The van der Waals surface area contributed by atoms with Gasteiger partial charge in [-0.05, 0) is 0 Å². The molecule has 2 heterocycles.